The van der Waals surface area contributed by atoms with Crippen molar-refractivity contribution in [1.82, 2.24) is 20.4 Å². The van der Waals surface area contributed by atoms with Gasteiger partial charge in [0.2, 0.25) is 11.8 Å². The van der Waals surface area contributed by atoms with Gasteiger partial charge in [-0.05, 0) is 108 Å². The van der Waals surface area contributed by atoms with Crippen LogP contribution in [0.25, 0.3) is 0 Å². The Morgan fingerprint density at radius 2 is 0.638 bits per heavy atom. The van der Waals surface area contributed by atoms with E-state index in [1.54, 1.807) is 72.8 Å². The van der Waals surface area contributed by atoms with E-state index in [1.165, 1.54) is 58.3 Å². The number of carbonyl (C=O) groups is 4. The third-order valence-corrected chi connectivity index (χ3v) is 17.9. The van der Waals surface area contributed by atoms with Crippen molar-refractivity contribution < 1.29 is 54.6 Å². The fraction of sp³-hybridized carbons (Fsp3) is 0.158. The Kier molecular flexibility index (Phi) is 22.4. The lowest BCUT2D eigenvalue weighted by Crippen LogP contribution is -2.46. The monoisotopic (exact) mass is 1290 g/mol. The largest absolute Gasteiger partial charge is 0.457 e. The normalized spacial score (nSPS) is 12.1. The minimum atomic E-state index is -4.98. The van der Waals surface area contributed by atoms with Crippen LogP contribution in [-0.2, 0) is 29.8 Å². The minimum absolute atomic E-state index is 0.0616. The number of nitrogens with zero attached hydrogens (tertiary/aromatic N) is 2. The lowest BCUT2D eigenvalue weighted by molar-refractivity contribution is -0.126. The maximum atomic E-state index is 15.5. The van der Waals surface area contributed by atoms with Gasteiger partial charge in [-0.1, -0.05) is 219 Å². The number of ether oxygens (including phenoxy) is 2. The molecule has 18 heteroatoms. The van der Waals surface area contributed by atoms with E-state index >= 15 is 19.2 Å². The molecular weight excluding hydrogens is 1220 g/mol. The third kappa shape index (κ3) is 17.3. The van der Waals surface area contributed by atoms with Crippen LogP contribution in [0.5, 0.6) is 23.0 Å². The smallest absolute Gasteiger partial charge is 0.294 e. The molecule has 2 atom stereocenters. The molecule has 478 valence electrons. The van der Waals surface area contributed by atoms with Gasteiger partial charge in [0, 0.05) is 60.3 Å². The van der Waals surface area contributed by atoms with Crippen LogP contribution in [0, 0.1) is 0 Å². The summed E-state index contributed by atoms with van der Waals surface area (Å²) in [6.45, 7) is -0.143. The van der Waals surface area contributed by atoms with Crippen molar-refractivity contribution in [3.63, 3.8) is 0 Å². The maximum absolute atomic E-state index is 15.5. The van der Waals surface area contributed by atoms with Gasteiger partial charge < -0.3 is 29.9 Å². The van der Waals surface area contributed by atoms with Crippen molar-refractivity contribution in [2.75, 3.05) is 26.2 Å². The van der Waals surface area contributed by atoms with E-state index in [9.17, 15) is 25.9 Å². The molecule has 94 heavy (non-hydrogen) atoms. The molecule has 0 aliphatic heterocycles. The zero-order valence-corrected chi connectivity index (χ0v) is 52.8. The van der Waals surface area contributed by atoms with Crippen molar-refractivity contribution in [3.8, 4) is 23.0 Å². The summed E-state index contributed by atoms with van der Waals surface area (Å²) in [6.07, 6.45) is 1.77. The van der Waals surface area contributed by atoms with Gasteiger partial charge >= 0.3 is 0 Å². The Labute approximate surface area is 548 Å². The molecule has 0 saturated heterocycles. The predicted molar refractivity (Wildman–Crippen MR) is 360 cm³/mol. The Morgan fingerprint density at radius 3 is 0.957 bits per heavy atom. The average Bonchev–Trinajstić information content (AvgIpc) is 0.792. The van der Waals surface area contributed by atoms with Crippen molar-refractivity contribution in [1.29, 1.82) is 0 Å². The lowest BCUT2D eigenvalue weighted by atomic mass is 9.89. The summed E-state index contributed by atoms with van der Waals surface area (Å²) < 4.78 is 86.9. The number of carbonyl (C=O) groups excluding carboxylic acids is 4. The molecule has 0 aromatic heterocycles. The van der Waals surface area contributed by atoms with E-state index in [-0.39, 0.29) is 48.4 Å². The highest BCUT2D eigenvalue weighted by Gasteiger charge is 2.40. The molecule has 0 saturated carbocycles. The van der Waals surface area contributed by atoms with Crippen molar-refractivity contribution >= 4 is 43.9 Å². The van der Waals surface area contributed by atoms with E-state index in [0.717, 1.165) is 22.3 Å². The summed E-state index contributed by atoms with van der Waals surface area (Å²) in [5, 5.41) is 5.95. The first kappa shape index (κ1) is 66.4. The highest BCUT2D eigenvalue weighted by Crippen LogP contribution is 2.38. The molecule has 0 fully saturated rings. The number of hydrogen-bond acceptors (Lipinski definition) is 10. The molecule has 0 spiro atoms. The minimum Gasteiger partial charge on any atom is -0.457 e. The van der Waals surface area contributed by atoms with Crippen molar-refractivity contribution in [3.05, 3.63) is 324 Å². The fourth-order valence-electron chi connectivity index (χ4n) is 11.5. The Hall–Kier alpha value is -10.5. The van der Waals surface area contributed by atoms with E-state index in [2.05, 4.69) is 10.6 Å². The van der Waals surface area contributed by atoms with Crippen LogP contribution in [0.1, 0.15) is 104 Å². The van der Waals surface area contributed by atoms with Gasteiger partial charge in [0.25, 0.3) is 32.1 Å². The molecule has 2 unspecified atom stereocenters. The molecule has 0 radical (unpaired) electrons. The first-order valence-electron chi connectivity index (χ1n) is 30.8. The molecular formula is C76H70N4O12S2. The summed E-state index contributed by atoms with van der Waals surface area (Å²) in [5.74, 6) is -2.08. The van der Waals surface area contributed by atoms with E-state index in [0.29, 0.717) is 48.7 Å². The van der Waals surface area contributed by atoms with E-state index < -0.39 is 77.6 Å². The number of unbranched alkanes of at least 4 members (excludes halogenated alkanes) is 3. The van der Waals surface area contributed by atoms with Crippen LogP contribution in [0.2, 0.25) is 0 Å². The zero-order chi connectivity index (χ0) is 65.9. The van der Waals surface area contributed by atoms with Crippen LogP contribution < -0.4 is 20.1 Å². The second-order valence-electron chi connectivity index (χ2n) is 22.4. The highest BCUT2D eigenvalue weighted by atomic mass is 32.2. The van der Waals surface area contributed by atoms with Gasteiger partial charge in [0.1, 0.15) is 35.1 Å². The quantitative estimate of drug-likeness (QED) is 0.0254. The number of rotatable bonds is 29. The first-order valence-corrected chi connectivity index (χ1v) is 33.6. The van der Waals surface area contributed by atoms with Crippen molar-refractivity contribution in [2.45, 2.75) is 59.4 Å². The Morgan fingerprint density at radius 1 is 0.351 bits per heavy atom. The summed E-state index contributed by atoms with van der Waals surface area (Å²) in [5.41, 5.74) is 3.25. The zero-order valence-electron chi connectivity index (χ0n) is 51.2. The molecule has 0 bridgehead atoms. The highest BCUT2D eigenvalue weighted by molar-refractivity contribution is 7.86. The molecule has 10 aromatic rings. The number of nitrogens with one attached hydrogen (secondary N) is 2. The summed E-state index contributed by atoms with van der Waals surface area (Å²) >= 11 is 0. The van der Waals surface area contributed by atoms with E-state index in [4.69, 9.17) is 9.47 Å². The van der Waals surface area contributed by atoms with Crippen LogP contribution in [-0.4, -0.2) is 85.5 Å². The summed E-state index contributed by atoms with van der Waals surface area (Å²) in [6, 6.07) is 76.5. The second-order valence-corrected chi connectivity index (χ2v) is 25.2. The van der Waals surface area contributed by atoms with Crippen LogP contribution >= 0.6 is 0 Å². The van der Waals surface area contributed by atoms with Crippen LogP contribution in [0.3, 0.4) is 0 Å². The van der Waals surface area contributed by atoms with Gasteiger partial charge in [-0.2, -0.15) is 16.8 Å². The van der Waals surface area contributed by atoms with Gasteiger partial charge in [0.15, 0.2) is 0 Å². The number of hydrogen-bond donors (Lipinski definition) is 4. The van der Waals surface area contributed by atoms with Crippen LogP contribution in [0.4, 0.5) is 0 Å². The topological polar surface area (TPSA) is 226 Å². The van der Waals surface area contributed by atoms with Crippen molar-refractivity contribution in [2.24, 2.45) is 0 Å². The summed E-state index contributed by atoms with van der Waals surface area (Å²) in [4.78, 5) is 63.0. The standard InChI is InChI=1S/C76H70N4O12S2/c81-73(71(65-45-21-23-47-69(65)93(85,86)87)79(53-67(55-29-9-3-10-30-55)56-31-11-4-12-32-56)75(83)59-37-27-43-63(51-59)91-61-39-17-7-18-40-61)77-49-25-1-2-26-50-78-74(82)72(66-46-22-24-48-70(66)94(88,89)90)80(54-68(57-33-13-5-14-34-57)58-35-15-6-16-36-58)76(84)60-38-28-44-64(52-60)92-62-41-19-8-20-42-62/h3-24,27-48,51-52,67-68,71-72H,1-2,25-26,49-50,53-54H2,(H,77,81)(H,78,82)(H,85,86,87)(H,88,89,90). The summed E-state index contributed by atoms with van der Waals surface area (Å²) in [7, 11) is -9.95. The average molecular weight is 1300 g/mol. The van der Waals surface area contributed by atoms with E-state index in [1.807, 2.05) is 158 Å². The fourth-order valence-corrected chi connectivity index (χ4v) is 13.0. The van der Waals surface area contributed by atoms with Gasteiger partial charge in [0.05, 0.1) is 9.79 Å². The Balaban J connectivity index is 0.906. The molecule has 0 heterocycles. The van der Waals surface area contributed by atoms with Gasteiger partial charge in [-0.15, -0.1) is 0 Å². The molecule has 4 N–H and O–H groups in total. The second kappa shape index (κ2) is 31.7. The first-order chi connectivity index (χ1) is 45.6. The maximum Gasteiger partial charge on any atom is 0.294 e. The third-order valence-electron chi connectivity index (χ3n) is 16.0. The number of benzene rings is 10. The molecule has 10 rings (SSSR count). The Bertz CT molecular complexity index is 4040. The van der Waals surface area contributed by atoms with Crippen LogP contribution in [0.15, 0.2) is 289 Å². The molecule has 16 nitrogen and oxygen atoms in total. The molecule has 4 amide bonds. The van der Waals surface area contributed by atoms with Gasteiger partial charge in [-0.3, -0.25) is 28.3 Å². The number of amides is 4. The predicted octanol–water partition coefficient (Wildman–Crippen LogP) is 14.3. The molecule has 10 aromatic carbocycles. The number of para-hydroxylation sites is 2. The molecule has 0 aliphatic rings. The van der Waals surface area contributed by atoms with Gasteiger partial charge in [-0.25, -0.2) is 0 Å². The molecule has 0 aliphatic carbocycles. The SMILES string of the molecule is O=C(NCCCCCCNC(=O)C(c1ccccc1S(=O)(=O)O)N(CC(c1ccccc1)c1ccccc1)C(=O)c1cccc(Oc2ccccc2)c1)C(c1ccccc1S(=O)(=O)O)N(CC(c1ccccc1)c1ccccc1)C(=O)c1cccc(Oc2ccccc2)c1. The lowest BCUT2D eigenvalue weighted by Gasteiger charge is -2.35.